The second kappa shape index (κ2) is 7.62. The van der Waals surface area contributed by atoms with Gasteiger partial charge in [0.1, 0.15) is 0 Å². The molecule has 2 heterocycles. The zero-order valence-electron chi connectivity index (χ0n) is 15.5. The van der Waals surface area contributed by atoms with Gasteiger partial charge in [-0.15, -0.1) is 0 Å². The minimum absolute atomic E-state index is 0.210. The lowest BCUT2D eigenvalue weighted by Gasteiger charge is -2.36. The molecule has 1 saturated heterocycles. The number of hydrogen-bond donors (Lipinski definition) is 1. The molecule has 2 amide bonds. The van der Waals surface area contributed by atoms with Crippen molar-refractivity contribution in [2.45, 2.75) is 6.18 Å². The van der Waals surface area contributed by atoms with Crippen molar-refractivity contribution in [1.29, 1.82) is 0 Å². The fourth-order valence-electron chi connectivity index (χ4n) is 3.50. The van der Waals surface area contributed by atoms with Crippen LogP contribution in [-0.2, 0) is 6.18 Å². The highest BCUT2D eigenvalue weighted by Crippen LogP contribution is 2.32. The Kier molecular flexibility index (Phi) is 5.00. The van der Waals surface area contributed by atoms with Crippen molar-refractivity contribution in [3.63, 3.8) is 0 Å². The van der Waals surface area contributed by atoms with Crippen molar-refractivity contribution in [2.75, 3.05) is 36.4 Å². The number of amides is 2. The molecule has 1 fully saturated rings. The lowest BCUT2D eigenvalue weighted by Crippen LogP contribution is -2.50. The number of benzene rings is 2. The number of urea groups is 1. The number of hydrogen-bond acceptors (Lipinski definition) is 2. The first-order valence-electron chi connectivity index (χ1n) is 9.30. The summed E-state index contributed by atoms with van der Waals surface area (Å²) in [5.41, 5.74) is 0.881. The third-order valence-corrected chi connectivity index (χ3v) is 4.99. The fourth-order valence-corrected chi connectivity index (χ4v) is 3.50. The summed E-state index contributed by atoms with van der Waals surface area (Å²) in [6.45, 7) is 1.75. The monoisotopic (exact) mass is 401 g/mol. The third kappa shape index (κ3) is 4.11. The number of nitrogens with one attached hydrogen (secondary N) is 2. The van der Waals surface area contributed by atoms with Crippen LogP contribution >= 0.6 is 0 Å². The van der Waals surface area contributed by atoms with Crippen molar-refractivity contribution < 1.29 is 22.9 Å². The molecule has 8 heteroatoms. The Morgan fingerprint density at radius 1 is 0.931 bits per heavy atom. The van der Waals surface area contributed by atoms with E-state index in [1.54, 1.807) is 41.3 Å². The number of aromatic amines is 1. The molecular weight excluding hydrogens is 381 g/mol. The van der Waals surface area contributed by atoms with Crippen LogP contribution in [0.1, 0.15) is 5.69 Å². The topological polar surface area (TPSA) is 49.7 Å². The molecule has 1 aromatic heterocycles. The molecule has 0 saturated carbocycles. The number of halogens is 3. The maximum absolute atomic E-state index is 13.3. The quantitative estimate of drug-likeness (QED) is 0.705. The number of piperazine rings is 1. The van der Waals surface area contributed by atoms with E-state index >= 15 is 0 Å². The van der Waals surface area contributed by atoms with Gasteiger partial charge in [-0.3, -0.25) is 0 Å². The predicted octanol–water partition coefficient (Wildman–Crippen LogP) is 4.03. The van der Waals surface area contributed by atoms with Crippen LogP contribution in [0.15, 0.2) is 60.7 Å². The van der Waals surface area contributed by atoms with Gasteiger partial charge >= 0.3 is 12.2 Å². The molecule has 0 radical (unpaired) electrons. The average molecular weight is 401 g/mol. The average Bonchev–Trinajstić information content (AvgIpc) is 2.73. The first-order valence-corrected chi connectivity index (χ1v) is 9.30. The van der Waals surface area contributed by atoms with E-state index in [4.69, 9.17) is 0 Å². The number of nitrogens with zero attached hydrogens (tertiary/aromatic N) is 2. The molecule has 0 bridgehead atoms. The number of para-hydroxylation sites is 2. The van der Waals surface area contributed by atoms with Crippen LogP contribution in [0, 0.1) is 0 Å². The Hall–Kier alpha value is -3.29. The highest BCUT2D eigenvalue weighted by atomic mass is 19.4. The van der Waals surface area contributed by atoms with Gasteiger partial charge in [0.05, 0.1) is 11.1 Å². The SMILES string of the molecule is O=C(Nc1ccccc1)N1CCN(c2cc(C(F)(F)F)[nH+]c3ccccc23)CC1. The Bertz CT molecular complexity index is 1020. The van der Waals surface area contributed by atoms with Gasteiger partial charge in [0, 0.05) is 44.0 Å². The van der Waals surface area contributed by atoms with Crippen molar-refractivity contribution in [3.05, 3.63) is 66.4 Å². The first-order chi connectivity index (χ1) is 13.9. The van der Waals surface area contributed by atoms with E-state index in [-0.39, 0.29) is 6.03 Å². The molecule has 2 aromatic carbocycles. The summed E-state index contributed by atoms with van der Waals surface area (Å²) in [6.07, 6.45) is -4.46. The predicted molar refractivity (Wildman–Crippen MR) is 105 cm³/mol. The molecule has 5 nitrogen and oxygen atoms in total. The number of carbonyl (C=O) groups is 1. The lowest BCUT2D eigenvalue weighted by atomic mass is 10.1. The first kappa shape index (κ1) is 19.0. The molecule has 4 rings (SSSR count). The maximum atomic E-state index is 13.3. The van der Waals surface area contributed by atoms with Crippen molar-refractivity contribution >= 4 is 28.3 Å². The normalized spacial score (nSPS) is 14.9. The summed E-state index contributed by atoms with van der Waals surface area (Å²) in [5.74, 6) is 0. The summed E-state index contributed by atoms with van der Waals surface area (Å²) < 4.78 is 40.0. The van der Waals surface area contributed by atoms with Crippen LogP contribution in [0.4, 0.5) is 29.3 Å². The number of pyridine rings is 1. The number of H-pyrrole nitrogens is 1. The standard InChI is InChI=1S/C21H19F3N4O/c22-21(23,24)19-14-18(16-8-4-5-9-17(16)26-19)27-10-12-28(13-11-27)20(29)25-15-6-2-1-3-7-15/h1-9,14H,10-13H2,(H,25,29)/p+1. The fraction of sp³-hybridized carbons (Fsp3) is 0.238. The minimum Gasteiger partial charge on any atom is -0.367 e. The van der Waals surface area contributed by atoms with Crippen LogP contribution in [0.3, 0.4) is 0 Å². The highest BCUT2D eigenvalue weighted by molar-refractivity contribution is 5.91. The van der Waals surface area contributed by atoms with Gasteiger partial charge in [0.2, 0.25) is 5.52 Å². The summed E-state index contributed by atoms with van der Waals surface area (Å²) in [6, 6.07) is 17.0. The molecule has 150 valence electrons. The van der Waals surface area contributed by atoms with Crippen LogP contribution < -0.4 is 15.2 Å². The zero-order valence-corrected chi connectivity index (χ0v) is 15.5. The van der Waals surface area contributed by atoms with Gasteiger partial charge in [-0.1, -0.05) is 30.3 Å². The number of anilines is 2. The molecule has 0 atom stereocenters. The van der Waals surface area contributed by atoms with Crippen molar-refractivity contribution in [1.82, 2.24) is 4.90 Å². The largest absolute Gasteiger partial charge is 0.477 e. The van der Waals surface area contributed by atoms with E-state index in [2.05, 4.69) is 10.3 Å². The van der Waals surface area contributed by atoms with Gasteiger partial charge < -0.3 is 15.1 Å². The van der Waals surface area contributed by atoms with E-state index in [9.17, 15) is 18.0 Å². The molecule has 0 spiro atoms. The molecular formula is C21H20F3N4O+. The Morgan fingerprint density at radius 2 is 1.59 bits per heavy atom. The Balaban J connectivity index is 1.52. The third-order valence-electron chi connectivity index (χ3n) is 4.99. The molecule has 1 aliphatic heterocycles. The highest BCUT2D eigenvalue weighted by Gasteiger charge is 2.39. The summed E-state index contributed by atoms with van der Waals surface area (Å²) in [4.78, 5) is 18.5. The Labute approximate surface area is 165 Å². The number of fused-ring (bicyclic) bond motifs is 1. The van der Waals surface area contributed by atoms with Crippen molar-refractivity contribution in [2.24, 2.45) is 0 Å². The molecule has 0 aliphatic carbocycles. The number of rotatable bonds is 2. The van der Waals surface area contributed by atoms with E-state index in [0.29, 0.717) is 43.1 Å². The molecule has 1 aliphatic rings. The van der Waals surface area contributed by atoms with Crippen LogP contribution in [0.25, 0.3) is 10.9 Å². The maximum Gasteiger partial charge on any atom is 0.477 e. The van der Waals surface area contributed by atoms with E-state index in [0.717, 1.165) is 11.5 Å². The summed E-state index contributed by atoms with van der Waals surface area (Å²) >= 11 is 0. The van der Waals surface area contributed by atoms with E-state index < -0.39 is 11.9 Å². The number of aromatic nitrogens is 1. The van der Waals surface area contributed by atoms with Gasteiger partial charge in [-0.2, -0.15) is 13.2 Å². The van der Waals surface area contributed by atoms with E-state index in [1.807, 2.05) is 23.1 Å². The second-order valence-corrected chi connectivity index (χ2v) is 6.88. The van der Waals surface area contributed by atoms with Gasteiger partial charge in [0.25, 0.3) is 5.69 Å². The van der Waals surface area contributed by atoms with Crippen LogP contribution in [0.2, 0.25) is 0 Å². The zero-order chi connectivity index (χ0) is 20.4. The molecule has 0 unspecified atom stereocenters. The Morgan fingerprint density at radius 3 is 2.28 bits per heavy atom. The van der Waals surface area contributed by atoms with Gasteiger partial charge in [-0.05, 0) is 18.2 Å². The number of carbonyl (C=O) groups excluding carboxylic acids is 1. The number of alkyl halides is 3. The minimum atomic E-state index is -4.46. The van der Waals surface area contributed by atoms with Crippen LogP contribution in [-0.4, -0.2) is 37.1 Å². The van der Waals surface area contributed by atoms with Crippen LogP contribution in [0.5, 0.6) is 0 Å². The molecule has 2 N–H and O–H groups in total. The molecule has 3 aromatic rings. The van der Waals surface area contributed by atoms with Gasteiger partial charge in [-0.25, -0.2) is 9.78 Å². The summed E-state index contributed by atoms with van der Waals surface area (Å²) in [7, 11) is 0. The van der Waals surface area contributed by atoms with Gasteiger partial charge in [0.15, 0.2) is 0 Å². The van der Waals surface area contributed by atoms with E-state index in [1.165, 1.54) is 0 Å². The van der Waals surface area contributed by atoms with Crippen molar-refractivity contribution in [3.8, 4) is 0 Å². The smallest absolute Gasteiger partial charge is 0.367 e. The molecule has 29 heavy (non-hydrogen) atoms. The summed E-state index contributed by atoms with van der Waals surface area (Å²) in [5, 5.41) is 3.56. The lowest BCUT2D eigenvalue weighted by molar-refractivity contribution is -0.398. The second-order valence-electron chi connectivity index (χ2n) is 6.88.